The van der Waals surface area contributed by atoms with Gasteiger partial charge in [0.15, 0.2) is 11.6 Å². The van der Waals surface area contributed by atoms with Gasteiger partial charge in [0.2, 0.25) is 0 Å². The van der Waals surface area contributed by atoms with Crippen molar-refractivity contribution < 1.29 is 14.3 Å². The zero-order valence-electron chi connectivity index (χ0n) is 21.1. The fourth-order valence-electron chi connectivity index (χ4n) is 5.77. The van der Waals surface area contributed by atoms with Gasteiger partial charge in [-0.25, -0.2) is 0 Å². The second kappa shape index (κ2) is 9.08. The Morgan fingerprint density at radius 3 is 1.89 bits per heavy atom. The van der Waals surface area contributed by atoms with Crippen LogP contribution in [0.4, 0.5) is 0 Å². The summed E-state index contributed by atoms with van der Waals surface area (Å²) in [6, 6.07) is 13.2. The van der Waals surface area contributed by atoms with Crippen LogP contribution < -0.4 is 10.1 Å². The molecule has 0 atom stereocenters. The molecule has 0 bridgehead atoms. The Morgan fingerprint density at radius 1 is 0.806 bits per heavy atom. The maximum absolute atomic E-state index is 13.4. The van der Waals surface area contributed by atoms with Gasteiger partial charge >= 0.3 is 0 Å². The van der Waals surface area contributed by atoms with Crippen molar-refractivity contribution >= 4 is 34.8 Å². The molecule has 0 aromatic heterocycles. The van der Waals surface area contributed by atoms with Crippen molar-refractivity contribution in [2.24, 2.45) is 10.8 Å². The number of Topliss-reactive ketones (excluding diaryl/α,β-unsaturated/α-hetero) is 2. The van der Waals surface area contributed by atoms with Crippen molar-refractivity contribution in [1.82, 2.24) is 5.32 Å². The van der Waals surface area contributed by atoms with Crippen LogP contribution in [-0.2, 0) is 16.2 Å². The number of carbonyl (C=O) groups excluding carboxylic acids is 2. The van der Waals surface area contributed by atoms with E-state index in [-0.39, 0.29) is 28.3 Å². The lowest BCUT2D eigenvalue weighted by molar-refractivity contribution is -0.119. The summed E-state index contributed by atoms with van der Waals surface area (Å²) in [4.78, 5) is 26.9. The zero-order chi connectivity index (χ0) is 25.8. The summed E-state index contributed by atoms with van der Waals surface area (Å²) in [7, 11) is 0. The molecule has 2 aliphatic carbocycles. The number of halogens is 2. The van der Waals surface area contributed by atoms with E-state index in [4.69, 9.17) is 27.9 Å². The van der Waals surface area contributed by atoms with Gasteiger partial charge in [-0.2, -0.15) is 0 Å². The summed E-state index contributed by atoms with van der Waals surface area (Å²) >= 11 is 12.1. The van der Waals surface area contributed by atoms with E-state index in [1.54, 1.807) is 12.1 Å². The molecule has 0 spiro atoms. The Labute approximate surface area is 222 Å². The first-order chi connectivity index (χ1) is 16.9. The van der Waals surface area contributed by atoms with Crippen LogP contribution in [0.1, 0.15) is 70.4 Å². The SMILES string of the molecule is CC1(C)CC(=O)C2=C(C1)NC1=C(C(=O)CC(C)(C)C1)C2c1ccc(OCc2ccc(Cl)c(Cl)c2)cc1. The third-order valence-corrected chi connectivity index (χ3v) is 8.06. The Balaban J connectivity index is 1.47. The first-order valence-corrected chi connectivity index (χ1v) is 13.1. The van der Waals surface area contributed by atoms with Crippen molar-refractivity contribution in [3.8, 4) is 5.75 Å². The van der Waals surface area contributed by atoms with E-state index in [1.165, 1.54) is 0 Å². The van der Waals surface area contributed by atoms with Crippen LogP contribution in [-0.4, -0.2) is 11.6 Å². The lowest BCUT2D eigenvalue weighted by Gasteiger charge is -2.44. The van der Waals surface area contributed by atoms with Crippen molar-refractivity contribution in [3.05, 3.63) is 86.2 Å². The molecular weight excluding hydrogens is 493 g/mol. The summed E-state index contributed by atoms with van der Waals surface area (Å²) < 4.78 is 5.97. The summed E-state index contributed by atoms with van der Waals surface area (Å²) in [6.07, 6.45) is 2.55. The zero-order valence-corrected chi connectivity index (χ0v) is 22.6. The molecule has 0 amide bonds. The molecule has 188 valence electrons. The van der Waals surface area contributed by atoms with E-state index in [2.05, 4.69) is 33.0 Å². The van der Waals surface area contributed by atoms with E-state index >= 15 is 0 Å². The van der Waals surface area contributed by atoms with Gasteiger partial charge in [0.1, 0.15) is 12.4 Å². The monoisotopic (exact) mass is 523 g/mol. The maximum atomic E-state index is 13.4. The number of ketones is 2. The predicted octanol–water partition coefficient (Wildman–Crippen LogP) is 7.55. The molecule has 3 aliphatic rings. The highest BCUT2D eigenvalue weighted by atomic mass is 35.5. The summed E-state index contributed by atoms with van der Waals surface area (Å²) in [5.41, 5.74) is 5.11. The minimum atomic E-state index is -0.340. The number of allylic oxidation sites excluding steroid dienone is 4. The number of dihydropyridines is 1. The predicted molar refractivity (Wildman–Crippen MR) is 143 cm³/mol. The molecule has 0 fully saturated rings. The first-order valence-electron chi connectivity index (χ1n) is 12.4. The van der Waals surface area contributed by atoms with Gasteiger partial charge in [-0.3, -0.25) is 9.59 Å². The highest BCUT2D eigenvalue weighted by Crippen LogP contribution is 2.51. The van der Waals surface area contributed by atoms with E-state index < -0.39 is 0 Å². The molecule has 4 nitrogen and oxygen atoms in total. The van der Waals surface area contributed by atoms with Crippen LogP contribution in [0.25, 0.3) is 0 Å². The van der Waals surface area contributed by atoms with Crippen LogP contribution >= 0.6 is 23.2 Å². The quantitative estimate of drug-likeness (QED) is 0.449. The molecular formula is C30H31Cl2NO3. The molecule has 1 aliphatic heterocycles. The highest BCUT2D eigenvalue weighted by molar-refractivity contribution is 6.42. The molecule has 0 radical (unpaired) electrons. The summed E-state index contributed by atoms with van der Waals surface area (Å²) in [5.74, 6) is 0.618. The molecule has 2 aromatic rings. The largest absolute Gasteiger partial charge is 0.489 e. The minimum absolute atomic E-state index is 0.109. The van der Waals surface area contributed by atoms with E-state index in [0.717, 1.165) is 46.5 Å². The molecule has 1 N–H and O–H groups in total. The fourth-order valence-corrected chi connectivity index (χ4v) is 6.10. The minimum Gasteiger partial charge on any atom is -0.489 e. The Hall–Kier alpha value is -2.56. The number of ether oxygens (including phenoxy) is 1. The lowest BCUT2D eigenvalue weighted by atomic mass is 9.64. The lowest BCUT2D eigenvalue weighted by Crippen LogP contribution is -2.42. The van der Waals surface area contributed by atoms with Crippen LogP contribution in [0, 0.1) is 10.8 Å². The number of benzene rings is 2. The van der Waals surface area contributed by atoms with E-state index in [9.17, 15) is 9.59 Å². The molecule has 5 rings (SSSR count). The van der Waals surface area contributed by atoms with Crippen LogP contribution in [0.3, 0.4) is 0 Å². The number of rotatable bonds is 4. The average molecular weight is 524 g/mol. The van der Waals surface area contributed by atoms with Crippen molar-refractivity contribution in [3.63, 3.8) is 0 Å². The molecule has 6 heteroatoms. The van der Waals surface area contributed by atoms with Crippen LogP contribution in [0.2, 0.25) is 10.0 Å². The molecule has 0 saturated heterocycles. The normalized spacial score (nSPS) is 21.2. The fraction of sp³-hybridized carbons (Fsp3) is 0.400. The molecule has 0 unspecified atom stereocenters. The number of hydrogen-bond donors (Lipinski definition) is 1. The Bertz CT molecular complexity index is 1270. The summed E-state index contributed by atoms with van der Waals surface area (Å²) in [6.45, 7) is 8.88. The maximum Gasteiger partial charge on any atom is 0.162 e. The van der Waals surface area contributed by atoms with E-state index in [0.29, 0.717) is 35.2 Å². The van der Waals surface area contributed by atoms with Gasteiger partial charge in [0.25, 0.3) is 0 Å². The standard InChI is InChI=1S/C30H31Cl2NO3/c1-29(2)12-22-27(24(34)14-29)26(28-23(33-22)13-30(3,4)15-25(28)35)18-6-8-19(9-7-18)36-16-17-5-10-20(31)21(32)11-17/h5-11,26,33H,12-16H2,1-4H3. The van der Waals surface area contributed by atoms with Gasteiger partial charge in [-0.05, 0) is 59.1 Å². The molecule has 1 heterocycles. The second-order valence-corrected chi connectivity index (χ2v) is 12.6. The number of hydrogen-bond acceptors (Lipinski definition) is 4. The van der Waals surface area contributed by atoms with Gasteiger partial charge < -0.3 is 10.1 Å². The molecule has 36 heavy (non-hydrogen) atoms. The van der Waals surface area contributed by atoms with Gasteiger partial charge in [0.05, 0.1) is 10.0 Å². The second-order valence-electron chi connectivity index (χ2n) is 11.8. The molecule has 0 saturated carbocycles. The van der Waals surface area contributed by atoms with E-state index in [1.807, 2.05) is 30.3 Å². The van der Waals surface area contributed by atoms with Gasteiger partial charge in [0, 0.05) is 41.3 Å². The van der Waals surface area contributed by atoms with Gasteiger partial charge in [-0.1, -0.05) is 69.1 Å². The highest BCUT2D eigenvalue weighted by Gasteiger charge is 2.46. The Kier molecular flexibility index (Phi) is 6.33. The van der Waals surface area contributed by atoms with Crippen LogP contribution in [0.5, 0.6) is 5.75 Å². The van der Waals surface area contributed by atoms with Crippen molar-refractivity contribution in [2.45, 2.75) is 65.9 Å². The topological polar surface area (TPSA) is 55.4 Å². The van der Waals surface area contributed by atoms with Gasteiger partial charge in [-0.15, -0.1) is 0 Å². The third-order valence-electron chi connectivity index (χ3n) is 7.32. The summed E-state index contributed by atoms with van der Waals surface area (Å²) in [5, 5.41) is 4.56. The smallest absolute Gasteiger partial charge is 0.162 e. The molecule has 2 aromatic carbocycles. The van der Waals surface area contributed by atoms with Crippen LogP contribution in [0.15, 0.2) is 65.0 Å². The number of carbonyl (C=O) groups is 2. The van der Waals surface area contributed by atoms with Crippen molar-refractivity contribution in [2.75, 3.05) is 0 Å². The number of nitrogens with one attached hydrogen (secondary N) is 1. The third kappa shape index (κ3) is 4.86. The van der Waals surface area contributed by atoms with Crippen molar-refractivity contribution in [1.29, 1.82) is 0 Å². The average Bonchev–Trinajstić information content (AvgIpc) is 2.77. The Morgan fingerprint density at radius 2 is 1.36 bits per heavy atom. The first kappa shape index (κ1) is 25.1.